The number of Topliss-reactive ketones (excluding diaryl/α,β-unsaturated/α-hetero) is 1. The Morgan fingerprint density at radius 3 is 2.53 bits per heavy atom. The molecule has 0 aliphatic heterocycles. The fourth-order valence-electron chi connectivity index (χ4n) is 5.95. The van der Waals surface area contributed by atoms with Crippen LogP contribution < -0.4 is 19.8 Å². The standard InChI is InChI=1S/C26H32O6/c1-15-7-9-19-25(2,3)20(27)11-12-26(19,4)17(15)14-31-23-18(29-5)13-16-8-10-21(28)32-22(16)24(23)30-6/h7-8,10,13,17,19H,9,11-12,14H2,1-6H3. The van der Waals surface area contributed by atoms with Crippen molar-refractivity contribution in [1.82, 2.24) is 0 Å². The lowest BCUT2D eigenvalue weighted by Crippen LogP contribution is -2.53. The first kappa shape index (κ1) is 22.4. The zero-order valence-corrected chi connectivity index (χ0v) is 19.7. The average Bonchev–Trinajstić information content (AvgIpc) is 2.75. The van der Waals surface area contributed by atoms with Crippen LogP contribution in [0.15, 0.2) is 39.1 Å². The monoisotopic (exact) mass is 440 g/mol. The molecule has 0 N–H and O–H groups in total. The van der Waals surface area contributed by atoms with Gasteiger partial charge in [-0.25, -0.2) is 4.79 Å². The summed E-state index contributed by atoms with van der Waals surface area (Å²) in [4.78, 5) is 24.5. The van der Waals surface area contributed by atoms with Crippen LogP contribution in [0.3, 0.4) is 0 Å². The summed E-state index contributed by atoms with van der Waals surface area (Å²) >= 11 is 0. The summed E-state index contributed by atoms with van der Waals surface area (Å²) in [6.45, 7) is 9.02. The van der Waals surface area contributed by atoms with Crippen molar-refractivity contribution in [3.63, 3.8) is 0 Å². The van der Waals surface area contributed by atoms with Gasteiger partial charge in [-0.05, 0) is 43.2 Å². The van der Waals surface area contributed by atoms with Crippen molar-refractivity contribution < 1.29 is 23.4 Å². The Morgan fingerprint density at radius 2 is 1.84 bits per heavy atom. The Morgan fingerprint density at radius 1 is 1.09 bits per heavy atom. The second kappa shape index (κ2) is 7.98. The summed E-state index contributed by atoms with van der Waals surface area (Å²) in [5.74, 6) is 2.02. The van der Waals surface area contributed by atoms with Gasteiger partial charge in [0, 0.05) is 29.2 Å². The normalized spacial score (nSPS) is 26.9. The summed E-state index contributed by atoms with van der Waals surface area (Å²) in [6.07, 6.45) is 4.61. The van der Waals surface area contributed by atoms with Gasteiger partial charge in [0.05, 0.1) is 20.8 Å². The number of carbonyl (C=O) groups is 1. The molecule has 32 heavy (non-hydrogen) atoms. The molecule has 0 saturated heterocycles. The number of allylic oxidation sites excluding steroid dienone is 1. The molecule has 2 aliphatic rings. The number of ether oxygens (including phenoxy) is 3. The average molecular weight is 441 g/mol. The van der Waals surface area contributed by atoms with E-state index in [0.717, 1.165) is 12.8 Å². The molecule has 1 fully saturated rings. The molecule has 3 unspecified atom stereocenters. The van der Waals surface area contributed by atoms with Crippen LogP contribution in [0, 0.1) is 22.7 Å². The van der Waals surface area contributed by atoms with E-state index in [1.807, 2.05) is 0 Å². The Bertz CT molecular complexity index is 1140. The molecule has 0 spiro atoms. The van der Waals surface area contributed by atoms with Crippen LogP contribution in [0.1, 0.15) is 47.0 Å². The molecule has 2 aliphatic carbocycles. The van der Waals surface area contributed by atoms with Gasteiger partial charge in [0.1, 0.15) is 5.78 Å². The van der Waals surface area contributed by atoms with E-state index in [4.69, 9.17) is 18.6 Å². The Labute approximate surface area is 188 Å². The highest BCUT2D eigenvalue weighted by Gasteiger charge is 2.55. The van der Waals surface area contributed by atoms with E-state index < -0.39 is 5.63 Å². The van der Waals surface area contributed by atoms with E-state index in [1.54, 1.807) is 19.2 Å². The van der Waals surface area contributed by atoms with E-state index in [-0.39, 0.29) is 22.7 Å². The van der Waals surface area contributed by atoms with E-state index in [2.05, 4.69) is 33.8 Å². The molecule has 1 aromatic carbocycles. The molecule has 6 nitrogen and oxygen atoms in total. The number of rotatable bonds is 5. The molecular formula is C26H32O6. The minimum Gasteiger partial charge on any atom is -0.493 e. The molecular weight excluding hydrogens is 408 g/mol. The summed E-state index contributed by atoms with van der Waals surface area (Å²) in [5, 5.41) is 0.693. The minimum absolute atomic E-state index is 0.0554. The van der Waals surface area contributed by atoms with Crippen LogP contribution in [0.25, 0.3) is 11.0 Å². The van der Waals surface area contributed by atoms with Crippen LogP contribution in [0.5, 0.6) is 17.2 Å². The molecule has 172 valence electrons. The molecule has 3 atom stereocenters. The SMILES string of the molecule is COc1cc2ccc(=O)oc2c(OC)c1OCC1C(C)=CCC2C(C)(C)C(=O)CCC12C. The summed E-state index contributed by atoms with van der Waals surface area (Å²) in [5.41, 5.74) is 0.742. The molecule has 2 aromatic rings. The predicted molar refractivity (Wildman–Crippen MR) is 123 cm³/mol. The number of ketones is 1. The van der Waals surface area contributed by atoms with E-state index in [1.165, 1.54) is 18.7 Å². The van der Waals surface area contributed by atoms with Crippen molar-refractivity contribution in [1.29, 1.82) is 0 Å². The van der Waals surface area contributed by atoms with E-state index in [0.29, 0.717) is 47.0 Å². The fraction of sp³-hybridized carbons (Fsp3) is 0.538. The quantitative estimate of drug-likeness (QED) is 0.472. The predicted octanol–water partition coefficient (Wildman–Crippen LogP) is 5.17. The lowest BCUT2D eigenvalue weighted by atomic mass is 9.48. The van der Waals surface area contributed by atoms with E-state index in [9.17, 15) is 9.59 Å². The molecule has 1 aromatic heterocycles. The molecule has 6 heteroatoms. The maximum Gasteiger partial charge on any atom is 0.336 e. The van der Waals surface area contributed by atoms with Gasteiger partial charge in [-0.2, -0.15) is 0 Å². The fourth-order valence-corrected chi connectivity index (χ4v) is 5.95. The molecule has 1 heterocycles. The van der Waals surface area contributed by atoms with Crippen molar-refractivity contribution in [2.75, 3.05) is 20.8 Å². The van der Waals surface area contributed by atoms with Crippen molar-refractivity contribution in [3.05, 3.63) is 40.3 Å². The second-order valence-electron chi connectivity index (χ2n) is 9.86. The van der Waals surface area contributed by atoms with Gasteiger partial charge in [0.2, 0.25) is 11.5 Å². The van der Waals surface area contributed by atoms with Gasteiger partial charge in [0.15, 0.2) is 11.3 Å². The largest absolute Gasteiger partial charge is 0.493 e. The smallest absolute Gasteiger partial charge is 0.336 e. The van der Waals surface area contributed by atoms with Crippen molar-refractivity contribution in [2.24, 2.45) is 22.7 Å². The van der Waals surface area contributed by atoms with E-state index >= 15 is 0 Å². The first-order valence-electron chi connectivity index (χ1n) is 11.1. The van der Waals surface area contributed by atoms with Crippen molar-refractivity contribution in [2.45, 2.75) is 47.0 Å². The Balaban J connectivity index is 1.73. The minimum atomic E-state index is -0.456. The van der Waals surface area contributed by atoms with Crippen LogP contribution in [0.4, 0.5) is 0 Å². The van der Waals surface area contributed by atoms with Gasteiger partial charge < -0.3 is 18.6 Å². The first-order chi connectivity index (χ1) is 15.1. The summed E-state index contributed by atoms with van der Waals surface area (Å²) in [6, 6.07) is 4.83. The number of methoxy groups -OCH3 is 2. The van der Waals surface area contributed by atoms with Crippen LogP contribution in [-0.4, -0.2) is 26.6 Å². The third kappa shape index (κ3) is 3.40. The molecule has 0 bridgehead atoms. The lowest BCUT2D eigenvalue weighted by molar-refractivity contribution is -0.143. The molecule has 0 radical (unpaired) electrons. The second-order valence-corrected chi connectivity index (χ2v) is 9.86. The Hall–Kier alpha value is -2.76. The van der Waals surface area contributed by atoms with Crippen molar-refractivity contribution in [3.8, 4) is 17.2 Å². The number of hydrogen-bond acceptors (Lipinski definition) is 6. The Kier molecular flexibility index (Phi) is 5.60. The highest BCUT2D eigenvalue weighted by molar-refractivity contribution is 5.88. The number of benzene rings is 1. The number of fused-ring (bicyclic) bond motifs is 2. The number of carbonyl (C=O) groups excluding carboxylic acids is 1. The highest BCUT2D eigenvalue weighted by atomic mass is 16.5. The maximum atomic E-state index is 12.7. The van der Waals surface area contributed by atoms with Gasteiger partial charge >= 0.3 is 5.63 Å². The third-order valence-electron chi connectivity index (χ3n) is 7.90. The van der Waals surface area contributed by atoms with Crippen LogP contribution in [0.2, 0.25) is 0 Å². The van der Waals surface area contributed by atoms with Gasteiger partial charge in [-0.15, -0.1) is 0 Å². The van der Waals surface area contributed by atoms with Gasteiger partial charge in [-0.1, -0.05) is 32.4 Å². The lowest BCUT2D eigenvalue weighted by Gasteiger charge is -2.55. The van der Waals surface area contributed by atoms with Gasteiger partial charge in [0.25, 0.3) is 0 Å². The zero-order valence-electron chi connectivity index (χ0n) is 19.7. The maximum absolute atomic E-state index is 12.7. The number of hydrogen-bond donors (Lipinski definition) is 0. The van der Waals surface area contributed by atoms with Gasteiger partial charge in [-0.3, -0.25) is 4.79 Å². The topological polar surface area (TPSA) is 75.0 Å². The zero-order chi connectivity index (χ0) is 23.3. The van der Waals surface area contributed by atoms with Crippen LogP contribution in [-0.2, 0) is 4.79 Å². The summed E-state index contributed by atoms with van der Waals surface area (Å²) < 4.78 is 23.0. The summed E-state index contributed by atoms with van der Waals surface area (Å²) in [7, 11) is 3.09. The molecule has 4 rings (SSSR count). The van der Waals surface area contributed by atoms with Crippen LogP contribution >= 0.6 is 0 Å². The van der Waals surface area contributed by atoms with Crippen molar-refractivity contribution >= 4 is 16.8 Å². The first-order valence-corrected chi connectivity index (χ1v) is 11.1. The third-order valence-corrected chi connectivity index (χ3v) is 7.90. The molecule has 0 amide bonds. The molecule has 1 saturated carbocycles. The highest BCUT2D eigenvalue weighted by Crippen LogP contribution is 2.58.